The van der Waals surface area contributed by atoms with Crippen LogP contribution in [-0.2, 0) is 17.8 Å². The van der Waals surface area contributed by atoms with Gasteiger partial charge in [-0.3, -0.25) is 9.69 Å². The van der Waals surface area contributed by atoms with E-state index in [1.165, 1.54) is 17.5 Å². The Hall–Kier alpha value is -1.55. The summed E-state index contributed by atoms with van der Waals surface area (Å²) >= 11 is 0. The summed E-state index contributed by atoms with van der Waals surface area (Å²) in [5, 5.41) is 0. The second kappa shape index (κ2) is 6.06. The van der Waals surface area contributed by atoms with Crippen molar-refractivity contribution in [3.05, 3.63) is 29.3 Å². The van der Waals surface area contributed by atoms with Gasteiger partial charge in [0, 0.05) is 31.9 Å². The number of amides is 1. The Morgan fingerprint density at radius 1 is 1.19 bits per heavy atom. The topological polar surface area (TPSA) is 49.6 Å². The lowest BCUT2D eigenvalue weighted by Crippen LogP contribution is -2.50. The first kappa shape index (κ1) is 14.4. The average molecular weight is 287 g/mol. The number of anilines is 1. The zero-order valence-corrected chi connectivity index (χ0v) is 12.8. The summed E-state index contributed by atoms with van der Waals surface area (Å²) < 4.78 is 0. The van der Waals surface area contributed by atoms with Crippen LogP contribution < -0.4 is 5.73 Å². The zero-order valence-electron chi connectivity index (χ0n) is 12.8. The van der Waals surface area contributed by atoms with Gasteiger partial charge in [0.1, 0.15) is 0 Å². The molecular formula is C17H25N3O. The van der Waals surface area contributed by atoms with Crippen LogP contribution >= 0.6 is 0 Å². The summed E-state index contributed by atoms with van der Waals surface area (Å²) in [6.45, 7) is 5.67. The Bertz CT molecular complexity index is 523. The van der Waals surface area contributed by atoms with E-state index in [0.717, 1.165) is 51.1 Å². The maximum Gasteiger partial charge on any atom is 0.239 e. The van der Waals surface area contributed by atoms with Gasteiger partial charge < -0.3 is 10.6 Å². The number of likely N-dealkylation sites (tertiary alicyclic amines) is 1. The van der Waals surface area contributed by atoms with Crippen molar-refractivity contribution >= 4 is 11.6 Å². The number of piperidine rings is 1. The molecule has 1 unspecified atom stereocenters. The van der Waals surface area contributed by atoms with Crippen LogP contribution in [0.4, 0.5) is 5.69 Å². The van der Waals surface area contributed by atoms with Gasteiger partial charge in [-0.05, 0) is 49.8 Å². The summed E-state index contributed by atoms with van der Waals surface area (Å²) in [6, 6.07) is 6.08. The fourth-order valence-electron chi connectivity index (χ4n) is 3.53. The molecule has 1 fully saturated rings. The van der Waals surface area contributed by atoms with Crippen molar-refractivity contribution in [1.82, 2.24) is 9.80 Å². The van der Waals surface area contributed by atoms with Gasteiger partial charge in [-0.15, -0.1) is 0 Å². The molecule has 2 aliphatic rings. The summed E-state index contributed by atoms with van der Waals surface area (Å²) in [4.78, 5) is 17.0. The molecule has 0 radical (unpaired) electrons. The van der Waals surface area contributed by atoms with Gasteiger partial charge >= 0.3 is 0 Å². The van der Waals surface area contributed by atoms with Crippen molar-refractivity contribution in [2.24, 2.45) is 0 Å². The highest BCUT2D eigenvalue weighted by atomic mass is 16.2. The van der Waals surface area contributed by atoms with E-state index in [1.54, 1.807) is 0 Å². The first-order valence-electron chi connectivity index (χ1n) is 8.06. The molecule has 0 aromatic heterocycles. The molecule has 1 atom stereocenters. The largest absolute Gasteiger partial charge is 0.398 e. The SMILES string of the molecule is CC(C(=O)N1CCCCC1)N1CCc2c(N)cccc2C1. The van der Waals surface area contributed by atoms with E-state index in [4.69, 9.17) is 5.73 Å². The number of rotatable bonds is 2. The second-order valence-corrected chi connectivity index (χ2v) is 6.27. The molecule has 2 heterocycles. The zero-order chi connectivity index (χ0) is 14.8. The average Bonchev–Trinajstić information content (AvgIpc) is 2.54. The third-order valence-electron chi connectivity index (χ3n) is 4.90. The van der Waals surface area contributed by atoms with Crippen molar-refractivity contribution in [3.63, 3.8) is 0 Å². The molecular weight excluding hydrogens is 262 g/mol. The minimum atomic E-state index is -0.0299. The van der Waals surface area contributed by atoms with Crippen molar-refractivity contribution in [3.8, 4) is 0 Å². The molecule has 1 aromatic rings. The van der Waals surface area contributed by atoms with Gasteiger partial charge in [0.15, 0.2) is 0 Å². The second-order valence-electron chi connectivity index (χ2n) is 6.27. The number of hydrogen-bond donors (Lipinski definition) is 1. The number of hydrogen-bond acceptors (Lipinski definition) is 3. The Balaban J connectivity index is 1.69. The molecule has 3 rings (SSSR count). The summed E-state index contributed by atoms with van der Waals surface area (Å²) in [5.74, 6) is 0.294. The molecule has 0 aliphatic carbocycles. The molecule has 0 saturated carbocycles. The lowest BCUT2D eigenvalue weighted by Gasteiger charge is -2.37. The van der Waals surface area contributed by atoms with Crippen LogP contribution in [0.3, 0.4) is 0 Å². The maximum absolute atomic E-state index is 12.6. The highest BCUT2D eigenvalue weighted by molar-refractivity contribution is 5.81. The van der Waals surface area contributed by atoms with Crippen LogP contribution in [0, 0.1) is 0 Å². The minimum Gasteiger partial charge on any atom is -0.398 e. The van der Waals surface area contributed by atoms with E-state index < -0.39 is 0 Å². The van der Waals surface area contributed by atoms with E-state index in [0.29, 0.717) is 5.91 Å². The molecule has 2 aliphatic heterocycles. The molecule has 1 amide bonds. The summed E-state index contributed by atoms with van der Waals surface area (Å²) in [6.07, 6.45) is 4.50. The van der Waals surface area contributed by atoms with Crippen LogP contribution in [0.1, 0.15) is 37.3 Å². The number of carbonyl (C=O) groups is 1. The van der Waals surface area contributed by atoms with Crippen LogP contribution in [0.2, 0.25) is 0 Å². The summed E-state index contributed by atoms with van der Waals surface area (Å²) in [7, 11) is 0. The Morgan fingerprint density at radius 2 is 1.95 bits per heavy atom. The first-order valence-corrected chi connectivity index (χ1v) is 8.06. The third kappa shape index (κ3) is 2.91. The maximum atomic E-state index is 12.6. The molecule has 114 valence electrons. The molecule has 2 N–H and O–H groups in total. The van der Waals surface area contributed by atoms with E-state index >= 15 is 0 Å². The Morgan fingerprint density at radius 3 is 2.71 bits per heavy atom. The smallest absolute Gasteiger partial charge is 0.239 e. The van der Waals surface area contributed by atoms with E-state index in [-0.39, 0.29) is 6.04 Å². The van der Waals surface area contributed by atoms with Gasteiger partial charge in [0.05, 0.1) is 6.04 Å². The minimum absolute atomic E-state index is 0.0299. The Labute approximate surface area is 126 Å². The molecule has 1 saturated heterocycles. The molecule has 0 spiro atoms. The highest BCUT2D eigenvalue weighted by Gasteiger charge is 2.29. The lowest BCUT2D eigenvalue weighted by molar-refractivity contribution is -0.137. The standard InChI is InChI=1S/C17H25N3O/c1-13(17(21)19-9-3-2-4-10-19)20-11-8-15-14(12-20)6-5-7-16(15)18/h5-7,13H,2-4,8-12,18H2,1H3. The van der Waals surface area contributed by atoms with E-state index in [9.17, 15) is 4.79 Å². The number of nitrogen functional groups attached to an aromatic ring is 1. The van der Waals surface area contributed by atoms with Crippen molar-refractivity contribution in [2.45, 2.75) is 45.2 Å². The molecule has 1 aromatic carbocycles. The molecule has 4 nitrogen and oxygen atoms in total. The van der Waals surface area contributed by atoms with Gasteiger partial charge in [0.2, 0.25) is 5.91 Å². The van der Waals surface area contributed by atoms with Gasteiger partial charge in [0.25, 0.3) is 0 Å². The fraction of sp³-hybridized carbons (Fsp3) is 0.588. The number of carbonyl (C=O) groups excluding carboxylic acids is 1. The van der Waals surface area contributed by atoms with Crippen LogP contribution in [0.5, 0.6) is 0 Å². The van der Waals surface area contributed by atoms with Crippen LogP contribution in [-0.4, -0.2) is 41.4 Å². The van der Waals surface area contributed by atoms with Crippen LogP contribution in [0.15, 0.2) is 18.2 Å². The van der Waals surface area contributed by atoms with Crippen LogP contribution in [0.25, 0.3) is 0 Å². The van der Waals surface area contributed by atoms with Crippen molar-refractivity contribution in [1.29, 1.82) is 0 Å². The predicted molar refractivity (Wildman–Crippen MR) is 84.9 cm³/mol. The number of nitrogens with two attached hydrogens (primary N) is 1. The first-order chi connectivity index (χ1) is 10.2. The number of nitrogens with zero attached hydrogens (tertiary/aromatic N) is 2. The van der Waals surface area contributed by atoms with Gasteiger partial charge in [-0.2, -0.15) is 0 Å². The van der Waals surface area contributed by atoms with Gasteiger partial charge in [-0.25, -0.2) is 0 Å². The predicted octanol–water partition coefficient (Wildman–Crippen LogP) is 2.03. The molecule has 21 heavy (non-hydrogen) atoms. The van der Waals surface area contributed by atoms with E-state index in [1.807, 2.05) is 24.0 Å². The summed E-state index contributed by atoms with van der Waals surface area (Å²) in [5.41, 5.74) is 9.48. The lowest BCUT2D eigenvalue weighted by atomic mass is 9.96. The molecule has 4 heteroatoms. The van der Waals surface area contributed by atoms with Crippen molar-refractivity contribution in [2.75, 3.05) is 25.4 Å². The number of fused-ring (bicyclic) bond motifs is 1. The Kier molecular flexibility index (Phi) is 4.15. The quantitative estimate of drug-likeness (QED) is 0.847. The van der Waals surface area contributed by atoms with Gasteiger partial charge in [-0.1, -0.05) is 12.1 Å². The highest BCUT2D eigenvalue weighted by Crippen LogP contribution is 2.25. The number of benzene rings is 1. The van der Waals surface area contributed by atoms with E-state index in [2.05, 4.69) is 11.0 Å². The third-order valence-corrected chi connectivity index (χ3v) is 4.90. The normalized spacial score (nSPS) is 20.9. The monoisotopic (exact) mass is 287 g/mol. The van der Waals surface area contributed by atoms with Crippen molar-refractivity contribution < 1.29 is 4.79 Å². The fourth-order valence-corrected chi connectivity index (χ4v) is 3.53. The molecule has 0 bridgehead atoms.